The van der Waals surface area contributed by atoms with Gasteiger partial charge < -0.3 is 5.73 Å². The second kappa shape index (κ2) is 4.20. The minimum absolute atomic E-state index is 0.0932. The predicted octanol–water partition coefficient (Wildman–Crippen LogP) is 2.00. The van der Waals surface area contributed by atoms with Crippen LogP contribution in [-0.2, 0) is 12.8 Å². The van der Waals surface area contributed by atoms with Crippen LogP contribution in [0.25, 0.3) is 10.4 Å². The molecule has 0 saturated heterocycles. The lowest BCUT2D eigenvalue weighted by Crippen LogP contribution is -2.15. The number of carbonyl (C=O) groups is 1. The number of aryl methyl sites for hydroxylation is 2. The van der Waals surface area contributed by atoms with E-state index in [0.717, 1.165) is 36.9 Å². The zero-order valence-electron chi connectivity index (χ0n) is 8.68. The summed E-state index contributed by atoms with van der Waals surface area (Å²) in [6.07, 6.45) is 3.93. The van der Waals surface area contributed by atoms with Crippen molar-refractivity contribution in [3.8, 4) is 0 Å². The van der Waals surface area contributed by atoms with Crippen molar-refractivity contribution in [1.82, 2.24) is 4.98 Å². The molecule has 0 atom stereocenters. The third-order valence-corrected chi connectivity index (χ3v) is 2.69. The Morgan fingerprint density at radius 3 is 2.94 bits per heavy atom. The highest BCUT2D eigenvalue weighted by molar-refractivity contribution is 5.97. The van der Waals surface area contributed by atoms with Crippen LogP contribution >= 0.6 is 0 Å². The summed E-state index contributed by atoms with van der Waals surface area (Å²) < 4.78 is 0. The lowest BCUT2D eigenvalue weighted by Gasteiger charge is -2.16. The highest BCUT2D eigenvalue weighted by atomic mass is 16.1. The highest BCUT2D eigenvalue weighted by Crippen LogP contribution is 2.25. The number of fused-ring (bicyclic) bond motifs is 1. The molecule has 6 heteroatoms. The van der Waals surface area contributed by atoms with E-state index in [4.69, 9.17) is 11.3 Å². The number of pyridine rings is 1. The summed E-state index contributed by atoms with van der Waals surface area (Å²) in [5.74, 6) is -0.515. The summed E-state index contributed by atoms with van der Waals surface area (Å²) in [6.45, 7) is 0. The van der Waals surface area contributed by atoms with Crippen molar-refractivity contribution < 1.29 is 4.79 Å². The van der Waals surface area contributed by atoms with Crippen molar-refractivity contribution in [1.29, 1.82) is 0 Å². The van der Waals surface area contributed by atoms with Gasteiger partial charge in [-0.3, -0.25) is 9.78 Å². The van der Waals surface area contributed by atoms with Gasteiger partial charge in [0.1, 0.15) is 5.82 Å². The second-order valence-corrected chi connectivity index (χ2v) is 3.73. The van der Waals surface area contributed by atoms with Gasteiger partial charge >= 0.3 is 0 Å². The number of primary amides is 1. The van der Waals surface area contributed by atoms with Crippen LogP contribution in [0.1, 0.15) is 34.5 Å². The summed E-state index contributed by atoms with van der Waals surface area (Å²) in [5, 5.41) is 3.40. The van der Waals surface area contributed by atoms with E-state index in [2.05, 4.69) is 15.0 Å². The normalized spacial score (nSPS) is 13.8. The molecule has 6 nitrogen and oxygen atoms in total. The lowest BCUT2D eigenvalue weighted by atomic mass is 9.94. The molecule has 1 amide bonds. The first-order valence-corrected chi connectivity index (χ1v) is 5.10. The molecule has 0 aliphatic heterocycles. The number of amides is 1. The largest absolute Gasteiger partial charge is 0.366 e. The second-order valence-electron chi connectivity index (χ2n) is 3.73. The van der Waals surface area contributed by atoms with E-state index in [0.29, 0.717) is 0 Å². The zero-order valence-corrected chi connectivity index (χ0v) is 8.68. The van der Waals surface area contributed by atoms with Gasteiger partial charge in [0.05, 0.1) is 5.56 Å². The molecule has 1 aliphatic carbocycles. The Labute approximate surface area is 92.1 Å². The molecule has 82 valence electrons. The van der Waals surface area contributed by atoms with Crippen molar-refractivity contribution in [2.75, 3.05) is 0 Å². The topological polar surface area (TPSA) is 105 Å². The first kappa shape index (κ1) is 10.4. The first-order chi connectivity index (χ1) is 7.72. The van der Waals surface area contributed by atoms with Gasteiger partial charge in [0, 0.05) is 10.6 Å². The minimum Gasteiger partial charge on any atom is -0.366 e. The van der Waals surface area contributed by atoms with Crippen molar-refractivity contribution in [2.45, 2.75) is 25.7 Å². The zero-order chi connectivity index (χ0) is 11.5. The molecule has 1 aliphatic rings. The van der Waals surface area contributed by atoms with Crippen LogP contribution in [0.5, 0.6) is 0 Å². The summed E-state index contributed by atoms with van der Waals surface area (Å²) in [4.78, 5) is 18.0. The Morgan fingerprint density at radius 2 is 2.25 bits per heavy atom. The summed E-state index contributed by atoms with van der Waals surface area (Å²) in [6, 6.07) is 1.70. The number of rotatable bonds is 2. The van der Waals surface area contributed by atoms with Crippen LogP contribution in [0.3, 0.4) is 0 Å². The number of hydrogen-bond acceptors (Lipinski definition) is 3. The maximum Gasteiger partial charge on any atom is 0.250 e. The first-order valence-electron chi connectivity index (χ1n) is 5.10. The van der Waals surface area contributed by atoms with Crippen molar-refractivity contribution >= 4 is 11.7 Å². The Bertz CT molecular complexity index is 459. The van der Waals surface area contributed by atoms with Crippen LogP contribution in [0.4, 0.5) is 5.82 Å². The quantitative estimate of drug-likeness (QED) is 0.464. The molecule has 0 spiro atoms. The van der Waals surface area contributed by atoms with Gasteiger partial charge in [0.25, 0.3) is 5.91 Å². The van der Waals surface area contributed by atoms with E-state index >= 15 is 0 Å². The summed E-state index contributed by atoms with van der Waals surface area (Å²) >= 11 is 0. The van der Waals surface area contributed by atoms with Crippen LogP contribution in [0, 0.1) is 0 Å². The maximum absolute atomic E-state index is 11.2. The Morgan fingerprint density at radius 1 is 1.50 bits per heavy atom. The van der Waals surface area contributed by atoms with E-state index in [1.54, 1.807) is 6.07 Å². The number of carbonyl (C=O) groups excluding carboxylic acids is 1. The molecule has 0 aromatic carbocycles. The molecule has 0 fully saturated rings. The lowest BCUT2D eigenvalue weighted by molar-refractivity contribution is 0.100. The van der Waals surface area contributed by atoms with Gasteiger partial charge in [0.15, 0.2) is 0 Å². The van der Waals surface area contributed by atoms with E-state index in [9.17, 15) is 4.79 Å². The Kier molecular flexibility index (Phi) is 2.74. The molecule has 1 heterocycles. The van der Waals surface area contributed by atoms with Crippen molar-refractivity contribution in [3.63, 3.8) is 0 Å². The molecule has 1 aromatic heterocycles. The van der Waals surface area contributed by atoms with Crippen LogP contribution < -0.4 is 5.73 Å². The molecule has 0 unspecified atom stereocenters. The van der Waals surface area contributed by atoms with Crippen molar-refractivity contribution in [2.24, 2.45) is 10.8 Å². The number of nitrogens with two attached hydrogens (primary N) is 1. The average molecular weight is 217 g/mol. The van der Waals surface area contributed by atoms with Gasteiger partial charge in [-0.05, 0) is 48.0 Å². The van der Waals surface area contributed by atoms with Gasteiger partial charge in [-0.1, -0.05) is 0 Å². The van der Waals surface area contributed by atoms with Gasteiger partial charge in [-0.25, -0.2) is 0 Å². The summed E-state index contributed by atoms with van der Waals surface area (Å²) in [7, 11) is 0. The molecular formula is C10H11N5O. The minimum atomic E-state index is -0.608. The van der Waals surface area contributed by atoms with Crippen LogP contribution in [-0.4, -0.2) is 10.9 Å². The number of azide groups is 1. The van der Waals surface area contributed by atoms with Gasteiger partial charge in [-0.2, -0.15) is 0 Å². The molecule has 0 bridgehead atoms. The summed E-state index contributed by atoms with van der Waals surface area (Å²) in [5.41, 5.74) is 15.8. The highest BCUT2D eigenvalue weighted by Gasteiger charge is 2.16. The smallest absolute Gasteiger partial charge is 0.250 e. The SMILES string of the molecule is [N-]=[N+]=Nc1nc2c(cc1C(N)=O)CCCC2. The fourth-order valence-electron chi connectivity index (χ4n) is 1.92. The predicted molar refractivity (Wildman–Crippen MR) is 58.2 cm³/mol. The van der Waals surface area contributed by atoms with E-state index < -0.39 is 5.91 Å². The van der Waals surface area contributed by atoms with Gasteiger partial charge in [-0.15, -0.1) is 0 Å². The Balaban J connectivity index is 2.58. The van der Waals surface area contributed by atoms with E-state index in [1.807, 2.05) is 0 Å². The van der Waals surface area contributed by atoms with Gasteiger partial charge in [0.2, 0.25) is 0 Å². The monoisotopic (exact) mass is 217 g/mol. The third kappa shape index (κ3) is 1.83. The Hall–Kier alpha value is -2.07. The van der Waals surface area contributed by atoms with Crippen molar-refractivity contribution in [3.05, 3.63) is 33.3 Å². The standard InChI is InChI=1S/C10H11N5O/c11-9(16)7-5-6-3-1-2-4-8(6)13-10(7)14-15-12/h5H,1-4H2,(H2,11,16). The molecule has 2 rings (SSSR count). The van der Waals surface area contributed by atoms with E-state index in [1.165, 1.54) is 0 Å². The maximum atomic E-state index is 11.2. The molecule has 0 saturated carbocycles. The third-order valence-electron chi connectivity index (χ3n) is 2.69. The van der Waals surface area contributed by atoms with Crippen LogP contribution in [0.15, 0.2) is 11.2 Å². The molecular weight excluding hydrogens is 206 g/mol. The fraction of sp³-hybridized carbons (Fsp3) is 0.400. The number of aromatic nitrogens is 1. The van der Waals surface area contributed by atoms with Crippen LogP contribution in [0.2, 0.25) is 0 Å². The number of hydrogen-bond donors (Lipinski definition) is 1. The number of nitrogens with zero attached hydrogens (tertiary/aromatic N) is 4. The molecule has 0 radical (unpaired) electrons. The molecule has 2 N–H and O–H groups in total. The van der Waals surface area contributed by atoms with E-state index in [-0.39, 0.29) is 11.4 Å². The molecule has 16 heavy (non-hydrogen) atoms. The average Bonchev–Trinajstić information content (AvgIpc) is 2.28. The fourth-order valence-corrected chi connectivity index (χ4v) is 1.92. The molecule has 1 aromatic rings.